The van der Waals surface area contributed by atoms with Crippen LogP contribution in [0.5, 0.6) is 0 Å². The molecule has 0 atom stereocenters. The second kappa shape index (κ2) is 5.68. The number of aromatic amines is 1. The van der Waals surface area contributed by atoms with Gasteiger partial charge in [-0.1, -0.05) is 29.4 Å². The molecule has 2 N–H and O–H groups in total. The molecule has 0 fully saturated rings. The summed E-state index contributed by atoms with van der Waals surface area (Å²) in [5.74, 6) is 0.591. The van der Waals surface area contributed by atoms with Crippen molar-refractivity contribution in [3.05, 3.63) is 35.5 Å². The predicted octanol–water partition coefficient (Wildman–Crippen LogP) is 3.59. The normalized spacial score (nSPS) is 10.9. The number of halogens is 1. The van der Waals surface area contributed by atoms with E-state index >= 15 is 0 Å². The molecule has 2 aromatic heterocycles. The van der Waals surface area contributed by atoms with Gasteiger partial charge in [-0.05, 0) is 25.1 Å². The predicted molar refractivity (Wildman–Crippen MR) is 81.4 cm³/mol. The van der Waals surface area contributed by atoms with Crippen LogP contribution in [0.2, 0.25) is 5.02 Å². The fourth-order valence-corrected chi connectivity index (χ4v) is 2.97. The van der Waals surface area contributed by atoms with Crippen LogP contribution < -0.4 is 5.32 Å². The first kappa shape index (κ1) is 13.2. The molecule has 0 saturated carbocycles. The molecule has 5 nitrogen and oxygen atoms in total. The van der Waals surface area contributed by atoms with E-state index in [1.54, 1.807) is 18.0 Å². The minimum atomic E-state index is 0.591. The topological polar surface area (TPSA) is 66.5 Å². The Morgan fingerprint density at radius 1 is 1.35 bits per heavy atom. The smallest absolute Gasteiger partial charge is 0.225 e. The van der Waals surface area contributed by atoms with E-state index in [1.807, 2.05) is 31.2 Å². The first-order valence-corrected chi connectivity index (χ1v) is 7.34. The first-order valence-electron chi connectivity index (χ1n) is 6.14. The van der Waals surface area contributed by atoms with Crippen LogP contribution in [-0.4, -0.2) is 26.7 Å². The largest absolute Gasteiger partial charge is 0.354 e. The summed E-state index contributed by atoms with van der Waals surface area (Å²) in [6.45, 7) is 2.77. The van der Waals surface area contributed by atoms with Crippen molar-refractivity contribution in [2.24, 2.45) is 0 Å². The lowest BCUT2D eigenvalue weighted by Crippen LogP contribution is -2.02. The number of benzene rings is 1. The minimum Gasteiger partial charge on any atom is -0.354 e. The number of hydrogen-bond donors (Lipinski definition) is 2. The molecular formula is C13H12ClN5S. The number of anilines is 1. The van der Waals surface area contributed by atoms with Crippen LogP contribution in [0.4, 0.5) is 5.95 Å². The van der Waals surface area contributed by atoms with Gasteiger partial charge in [0.1, 0.15) is 5.03 Å². The summed E-state index contributed by atoms with van der Waals surface area (Å²) in [7, 11) is 0. The van der Waals surface area contributed by atoms with Gasteiger partial charge in [0.2, 0.25) is 5.95 Å². The summed E-state index contributed by atoms with van der Waals surface area (Å²) in [5, 5.41) is 12.5. The van der Waals surface area contributed by atoms with Gasteiger partial charge in [-0.3, -0.25) is 5.10 Å². The van der Waals surface area contributed by atoms with Gasteiger partial charge in [-0.15, -0.1) is 0 Å². The molecular weight excluding hydrogens is 294 g/mol. The molecule has 0 saturated heterocycles. The van der Waals surface area contributed by atoms with Gasteiger partial charge in [0.15, 0.2) is 5.65 Å². The van der Waals surface area contributed by atoms with E-state index in [4.69, 9.17) is 11.6 Å². The number of fused-ring (bicyclic) bond motifs is 1. The quantitative estimate of drug-likeness (QED) is 0.721. The molecule has 3 rings (SSSR count). The summed E-state index contributed by atoms with van der Waals surface area (Å²) in [4.78, 5) is 9.92. The zero-order valence-corrected chi connectivity index (χ0v) is 12.3. The van der Waals surface area contributed by atoms with Gasteiger partial charge in [-0.25, -0.2) is 4.98 Å². The Balaban J connectivity index is 2.02. The Labute approximate surface area is 125 Å². The zero-order valence-electron chi connectivity index (χ0n) is 10.7. The molecule has 0 bridgehead atoms. The van der Waals surface area contributed by atoms with E-state index < -0.39 is 0 Å². The number of rotatable bonds is 4. The summed E-state index contributed by atoms with van der Waals surface area (Å²) < 4.78 is 0. The number of nitrogens with zero attached hydrogens (tertiary/aromatic N) is 3. The number of hydrogen-bond acceptors (Lipinski definition) is 5. The standard InChI is InChI=1S/C13H12ClN5S/c1-2-15-13-17-11-10(7-16-19-11)12(18-13)20-9-5-3-4-8(14)6-9/h3-7H,2H2,1H3,(H2,15,16,17,18,19). The highest BCUT2D eigenvalue weighted by Gasteiger charge is 2.10. The lowest BCUT2D eigenvalue weighted by atomic mass is 10.4. The molecule has 102 valence electrons. The molecule has 1 aromatic carbocycles. The molecule has 0 aliphatic heterocycles. The van der Waals surface area contributed by atoms with Crippen molar-refractivity contribution in [1.29, 1.82) is 0 Å². The second-order valence-corrected chi connectivity index (χ2v) is 5.57. The number of H-pyrrole nitrogens is 1. The van der Waals surface area contributed by atoms with Crippen LogP contribution in [0.15, 0.2) is 40.4 Å². The highest BCUT2D eigenvalue weighted by molar-refractivity contribution is 7.99. The van der Waals surface area contributed by atoms with Gasteiger partial charge in [0.05, 0.1) is 11.6 Å². The third kappa shape index (κ3) is 2.71. The monoisotopic (exact) mass is 305 g/mol. The van der Waals surface area contributed by atoms with Crippen molar-refractivity contribution in [3.8, 4) is 0 Å². The molecule has 7 heteroatoms. The minimum absolute atomic E-state index is 0.591. The van der Waals surface area contributed by atoms with Crippen molar-refractivity contribution in [2.45, 2.75) is 16.8 Å². The van der Waals surface area contributed by atoms with Gasteiger partial charge in [0, 0.05) is 16.5 Å². The van der Waals surface area contributed by atoms with Crippen molar-refractivity contribution >= 4 is 40.3 Å². The zero-order chi connectivity index (χ0) is 13.9. The Morgan fingerprint density at radius 3 is 3.05 bits per heavy atom. The van der Waals surface area contributed by atoms with Gasteiger partial charge in [-0.2, -0.15) is 10.1 Å². The Bertz CT molecular complexity index is 742. The Kier molecular flexibility index (Phi) is 3.75. The van der Waals surface area contributed by atoms with Gasteiger partial charge in [0.25, 0.3) is 0 Å². The fourth-order valence-electron chi connectivity index (χ4n) is 1.77. The molecule has 0 radical (unpaired) electrons. The average molecular weight is 306 g/mol. The van der Waals surface area contributed by atoms with Crippen LogP contribution in [0.1, 0.15) is 6.92 Å². The van der Waals surface area contributed by atoms with E-state index in [-0.39, 0.29) is 0 Å². The molecule has 20 heavy (non-hydrogen) atoms. The maximum atomic E-state index is 6.01. The van der Waals surface area contributed by atoms with E-state index in [9.17, 15) is 0 Å². The fraction of sp³-hybridized carbons (Fsp3) is 0.154. The molecule has 3 aromatic rings. The number of nitrogens with one attached hydrogen (secondary N) is 2. The summed E-state index contributed by atoms with van der Waals surface area (Å²) in [6.07, 6.45) is 1.73. The van der Waals surface area contributed by atoms with Crippen LogP contribution >= 0.6 is 23.4 Å². The second-order valence-electron chi connectivity index (χ2n) is 4.07. The number of aromatic nitrogens is 4. The molecule has 2 heterocycles. The molecule has 0 aliphatic carbocycles. The summed E-state index contributed by atoms with van der Waals surface area (Å²) >= 11 is 7.55. The maximum absolute atomic E-state index is 6.01. The van der Waals surface area contributed by atoms with Crippen LogP contribution in [0.3, 0.4) is 0 Å². The first-order chi connectivity index (χ1) is 9.76. The van der Waals surface area contributed by atoms with Crippen LogP contribution in [0, 0.1) is 0 Å². The van der Waals surface area contributed by atoms with Crippen molar-refractivity contribution in [2.75, 3.05) is 11.9 Å². The average Bonchev–Trinajstić information content (AvgIpc) is 2.87. The van der Waals surface area contributed by atoms with Crippen molar-refractivity contribution < 1.29 is 0 Å². The van der Waals surface area contributed by atoms with E-state index in [1.165, 1.54) is 0 Å². The van der Waals surface area contributed by atoms with Gasteiger partial charge < -0.3 is 5.32 Å². The van der Waals surface area contributed by atoms with E-state index in [0.717, 1.165) is 27.5 Å². The van der Waals surface area contributed by atoms with Crippen LogP contribution in [0.25, 0.3) is 11.0 Å². The lowest BCUT2D eigenvalue weighted by Gasteiger charge is -2.06. The molecule has 0 spiro atoms. The molecule has 0 unspecified atom stereocenters. The van der Waals surface area contributed by atoms with Crippen molar-refractivity contribution in [1.82, 2.24) is 20.2 Å². The highest BCUT2D eigenvalue weighted by atomic mass is 35.5. The van der Waals surface area contributed by atoms with Gasteiger partial charge >= 0.3 is 0 Å². The Morgan fingerprint density at radius 2 is 2.25 bits per heavy atom. The molecule has 0 amide bonds. The van der Waals surface area contributed by atoms with Crippen LogP contribution in [-0.2, 0) is 0 Å². The van der Waals surface area contributed by atoms with Crippen molar-refractivity contribution in [3.63, 3.8) is 0 Å². The third-order valence-corrected chi connectivity index (χ3v) is 3.85. The summed E-state index contributed by atoms with van der Waals surface area (Å²) in [6, 6.07) is 7.68. The maximum Gasteiger partial charge on any atom is 0.225 e. The SMILES string of the molecule is CCNc1nc(Sc2cccc(Cl)c2)c2cn[nH]c2n1. The molecule has 0 aliphatic rings. The third-order valence-electron chi connectivity index (χ3n) is 2.62. The Hall–Kier alpha value is -1.79. The summed E-state index contributed by atoms with van der Waals surface area (Å²) in [5.41, 5.74) is 0.723. The van der Waals surface area contributed by atoms with E-state index in [2.05, 4.69) is 25.5 Å². The van der Waals surface area contributed by atoms with E-state index in [0.29, 0.717) is 11.0 Å². The lowest BCUT2D eigenvalue weighted by molar-refractivity contribution is 1.04. The highest BCUT2D eigenvalue weighted by Crippen LogP contribution is 2.32.